The second-order valence-electron chi connectivity index (χ2n) is 6.10. The molecule has 1 aliphatic rings. The number of hydrogen-bond acceptors (Lipinski definition) is 2. The van der Waals surface area contributed by atoms with E-state index in [1.54, 1.807) is 0 Å². The predicted molar refractivity (Wildman–Crippen MR) is 100 cm³/mol. The first-order valence-electron chi connectivity index (χ1n) is 8.49. The topological polar surface area (TPSA) is 38.3 Å². The highest BCUT2D eigenvalue weighted by Gasteiger charge is 2.36. The first-order chi connectivity index (χ1) is 12.8. The Balaban J connectivity index is 1.63. The molecule has 1 saturated heterocycles. The van der Waals surface area contributed by atoms with Crippen molar-refractivity contribution in [2.45, 2.75) is 12.1 Å². The third-order valence-electron chi connectivity index (χ3n) is 4.31. The van der Waals surface area contributed by atoms with Crippen molar-refractivity contribution in [3.05, 3.63) is 107 Å². The fourth-order valence-corrected chi connectivity index (χ4v) is 3.06. The molecule has 3 aromatic carbocycles. The molecule has 0 bridgehead atoms. The Morgan fingerprint density at radius 1 is 0.731 bits per heavy atom. The van der Waals surface area contributed by atoms with Crippen molar-refractivity contribution in [3.8, 4) is 11.8 Å². The minimum atomic E-state index is -0.398. The van der Waals surface area contributed by atoms with Crippen LogP contribution in [0, 0.1) is 11.8 Å². The Bertz CT molecular complexity index is 971. The average Bonchev–Trinajstić information content (AvgIpc) is 3.10. The van der Waals surface area contributed by atoms with Crippen LogP contribution in [0.5, 0.6) is 0 Å². The number of ether oxygens (including phenoxy) is 1. The van der Waals surface area contributed by atoms with Gasteiger partial charge in [-0.05, 0) is 35.4 Å². The van der Waals surface area contributed by atoms with Crippen molar-refractivity contribution in [1.82, 2.24) is 5.32 Å². The molecule has 0 aromatic heterocycles. The summed E-state index contributed by atoms with van der Waals surface area (Å²) in [4.78, 5) is 11.8. The molecular formula is C23H17NO2. The van der Waals surface area contributed by atoms with Gasteiger partial charge in [0.1, 0.15) is 0 Å². The maximum Gasteiger partial charge on any atom is 0.408 e. The summed E-state index contributed by atoms with van der Waals surface area (Å²) in [6.07, 6.45) is -0.745. The molecule has 1 aliphatic heterocycles. The molecular weight excluding hydrogens is 322 g/mol. The highest BCUT2D eigenvalue weighted by molar-refractivity contribution is 5.71. The monoisotopic (exact) mass is 339 g/mol. The van der Waals surface area contributed by atoms with Crippen LogP contribution in [0.15, 0.2) is 84.9 Å². The highest BCUT2D eigenvalue weighted by atomic mass is 16.6. The molecule has 0 radical (unpaired) electrons. The molecule has 0 saturated carbocycles. The number of carbonyl (C=O) groups excluding carboxylic acids is 1. The minimum Gasteiger partial charge on any atom is -0.439 e. The van der Waals surface area contributed by atoms with E-state index >= 15 is 0 Å². The lowest BCUT2D eigenvalue weighted by atomic mass is 9.95. The van der Waals surface area contributed by atoms with Crippen molar-refractivity contribution >= 4 is 6.09 Å². The van der Waals surface area contributed by atoms with Gasteiger partial charge in [0.15, 0.2) is 6.10 Å². The van der Waals surface area contributed by atoms with Gasteiger partial charge in [-0.1, -0.05) is 72.5 Å². The SMILES string of the molecule is O=C1N[C@@H](c2cccc(C#Cc3ccccc3)c2)[C@H](c2ccccc2)O1. The van der Waals surface area contributed by atoms with Gasteiger partial charge in [-0.15, -0.1) is 0 Å². The van der Waals surface area contributed by atoms with Crippen LogP contribution in [-0.2, 0) is 4.74 Å². The third-order valence-corrected chi connectivity index (χ3v) is 4.31. The molecule has 0 spiro atoms. The molecule has 3 aromatic rings. The summed E-state index contributed by atoms with van der Waals surface area (Å²) in [5, 5.41) is 2.91. The van der Waals surface area contributed by atoms with Crippen molar-refractivity contribution in [3.63, 3.8) is 0 Å². The molecule has 2 atom stereocenters. The van der Waals surface area contributed by atoms with Gasteiger partial charge in [0, 0.05) is 11.1 Å². The van der Waals surface area contributed by atoms with Gasteiger partial charge >= 0.3 is 6.09 Å². The molecule has 4 rings (SSSR count). The summed E-state index contributed by atoms with van der Waals surface area (Å²) in [5.41, 5.74) is 3.82. The van der Waals surface area contributed by atoms with E-state index in [0.717, 1.165) is 22.3 Å². The molecule has 0 unspecified atom stereocenters. The van der Waals surface area contributed by atoms with E-state index in [-0.39, 0.29) is 12.1 Å². The average molecular weight is 339 g/mol. The summed E-state index contributed by atoms with van der Waals surface area (Å²) in [6.45, 7) is 0. The van der Waals surface area contributed by atoms with E-state index in [4.69, 9.17) is 4.74 Å². The van der Waals surface area contributed by atoms with Crippen LogP contribution in [-0.4, -0.2) is 6.09 Å². The normalized spacial score (nSPS) is 18.4. The molecule has 126 valence electrons. The molecule has 0 aliphatic carbocycles. The second-order valence-corrected chi connectivity index (χ2v) is 6.10. The Morgan fingerprint density at radius 2 is 1.35 bits per heavy atom. The van der Waals surface area contributed by atoms with E-state index in [1.807, 2.05) is 84.9 Å². The summed E-state index contributed by atoms with van der Waals surface area (Å²) in [5.74, 6) is 6.35. The van der Waals surface area contributed by atoms with Gasteiger partial charge in [-0.3, -0.25) is 0 Å². The lowest BCUT2D eigenvalue weighted by Gasteiger charge is -2.17. The molecule has 1 amide bonds. The number of alkyl carbamates (subject to hydrolysis) is 1. The Kier molecular flexibility index (Phi) is 4.40. The lowest BCUT2D eigenvalue weighted by Crippen LogP contribution is -2.19. The van der Waals surface area contributed by atoms with Gasteiger partial charge in [0.25, 0.3) is 0 Å². The van der Waals surface area contributed by atoms with E-state index < -0.39 is 6.09 Å². The van der Waals surface area contributed by atoms with Gasteiger partial charge in [-0.2, -0.15) is 0 Å². The van der Waals surface area contributed by atoms with Crippen LogP contribution in [0.3, 0.4) is 0 Å². The zero-order chi connectivity index (χ0) is 17.8. The van der Waals surface area contributed by atoms with E-state index in [0.29, 0.717) is 0 Å². The second kappa shape index (κ2) is 7.16. The maximum absolute atomic E-state index is 11.8. The van der Waals surface area contributed by atoms with Crippen LogP contribution in [0.1, 0.15) is 34.4 Å². The summed E-state index contributed by atoms with van der Waals surface area (Å²) < 4.78 is 5.50. The molecule has 1 fully saturated rings. The molecule has 3 nitrogen and oxygen atoms in total. The highest BCUT2D eigenvalue weighted by Crippen LogP contribution is 2.36. The maximum atomic E-state index is 11.8. The largest absolute Gasteiger partial charge is 0.439 e. The first kappa shape index (κ1) is 16.0. The zero-order valence-corrected chi connectivity index (χ0v) is 14.1. The van der Waals surface area contributed by atoms with Crippen LogP contribution in [0.25, 0.3) is 0 Å². The zero-order valence-electron chi connectivity index (χ0n) is 14.1. The first-order valence-corrected chi connectivity index (χ1v) is 8.49. The van der Waals surface area contributed by atoms with Gasteiger partial charge in [0.05, 0.1) is 6.04 Å². The number of carbonyl (C=O) groups is 1. The Hall–Kier alpha value is -3.51. The summed E-state index contributed by atoms with van der Waals surface area (Å²) in [6, 6.07) is 27.3. The van der Waals surface area contributed by atoms with Gasteiger partial charge in [-0.25, -0.2) is 4.79 Å². The molecule has 1 N–H and O–H groups in total. The Morgan fingerprint density at radius 3 is 2.12 bits per heavy atom. The van der Waals surface area contributed by atoms with E-state index in [2.05, 4.69) is 17.2 Å². The minimum absolute atomic E-state index is 0.233. The number of nitrogens with one attached hydrogen (secondary N) is 1. The Labute approximate surface area is 152 Å². The van der Waals surface area contributed by atoms with Crippen LogP contribution >= 0.6 is 0 Å². The van der Waals surface area contributed by atoms with Gasteiger partial charge < -0.3 is 10.1 Å². The number of amides is 1. The van der Waals surface area contributed by atoms with Crippen LogP contribution in [0.4, 0.5) is 4.79 Å². The summed E-state index contributed by atoms with van der Waals surface area (Å²) in [7, 11) is 0. The number of rotatable bonds is 2. The fourth-order valence-electron chi connectivity index (χ4n) is 3.06. The standard InChI is InChI=1S/C23H17NO2/c25-23-24-21(22(26-23)19-11-5-2-6-12-19)20-13-7-10-18(16-20)15-14-17-8-3-1-4-9-17/h1-13,16,21-22H,(H,24,25)/t21-,22-/m0/s1. The van der Waals surface area contributed by atoms with Crippen molar-refractivity contribution < 1.29 is 9.53 Å². The quantitative estimate of drug-likeness (QED) is 0.693. The van der Waals surface area contributed by atoms with Crippen LogP contribution < -0.4 is 5.32 Å². The molecule has 1 heterocycles. The molecule has 26 heavy (non-hydrogen) atoms. The van der Waals surface area contributed by atoms with Crippen LogP contribution in [0.2, 0.25) is 0 Å². The third kappa shape index (κ3) is 3.45. The smallest absolute Gasteiger partial charge is 0.408 e. The molecule has 3 heteroatoms. The predicted octanol–water partition coefficient (Wildman–Crippen LogP) is 4.61. The lowest BCUT2D eigenvalue weighted by molar-refractivity contribution is 0.132. The van der Waals surface area contributed by atoms with Crippen molar-refractivity contribution in [1.29, 1.82) is 0 Å². The van der Waals surface area contributed by atoms with Gasteiger partial charge in [0.2, 0.25) is 0 Å². The van der Waals surface area contributed by atoms with Crippen molar-refractivity contribution in [2.75, 3.05) is 0 Å². The number of benzene rings is 3. The fraction of sp³-hybridized carbons (Fsp3) is 0.0870. The number of hydrogen-bond donors (Lipinski definition) is 1. The summed E-state index contributed by atoms with van der Waals surface area (Å²) >= 11 is 0. The van der Waals surface area contributed by atoms with Crippen molar-refractivity contribution in [2.24, 2.45) is 0 Å². The number of cyclic esters (lactones) is 1. The van der Waals surface area contributed by atoms with E-state index in [1.165, 1.54) is 0 Å². The van der Waals surface area contributed by atoms with E-state index in [9.17, 15) is 4.79 Å².